The molecule has 0 aliphatic rings. The molecule has 0 unspecified atom stereocenters. The maximum atomic E-state index is 12.9. The second kappa shape index (κ2) is 6.81. The third kappa shape index (κ3) is 4.28. The third-order valence-corrected chi connectivity index (χ3v) is 3.66. The molecule has 104 valence electrons. The van der Waals surface area contributed by atoms with Gasteiger partial charge in [-0.2, -0.15) is 0 Å². The number of anilines is 1. The van der Waals surface area contributed by atoms with Crippen LogP contribution in [0.2, 0.25) is 0 Å². The molecule has 0 saturated heterocycles. The van der Waals surface area contributed by atoms with Crippen LogP contribution in [0.3, 0.4) is 0 Å². The summed E-state index contributed by atoms with van der Waals surface area (Å²) >= 11 is 8.77. The van der Waals surface area contributed by atoms with Gasteiger partial charge in [0.05, 0.1) is 0 Å². The van der Waals surface area contributed by atoms with E-state index in [1.807, 2.05) is 36.2 Å². The maximum absolute atomic E-state index is 12.9. The summed E-state index contributed by atoms with van der Waals surface area (Å²) < 4.78 is 13.8. The van der Waals surface area contributed by atoms with Gasteiger partial charge < -0.3 is 10.2 Å². The van der Waals surface area contributed by atoms with Gasteiger partial charge in [-0.05, 0) is 48.1 Å². The van der Waals surface area contributed by atoms with Crippen molar-refractivity contribution in [1.29, 1.82) is 0 Å². The van der Waals surface area contributed by atoms with Crippen molar-refractivity contribution in [2.24, 2.45) is 0 Å². The lowest BCUT2D eigenvalue weighted by Crippen LogP contribution is -2.30. The lowest BCUT2D eigenvalue weighted by atomic mass is 10.2. The van der Waals surface area contributed by atoms with Crippen molar-refractivity contribution in [2.75, 3.05) is 12.4 Å². The van der Waals surface area contributed by atoms with Crippen LogP contribution in [0.5, 0.6) is 0 Å². The Hall–Kier alpha value is -1.46. The molecule has 0 amide bonds. The molecule has 0 aromatic heterocycles. The summed E-state index contributed by atoms with van der Waals surface area (Å²) in [6, 6.07) is 14.2. The van der Waals surface area contributed by atoms with Crippen LogP contribution in [0.15, 0.2) is 53.0 Å². The van der Waals surface area contributed by atoms with Crippen molar-refractivity contribution in [3.8, 4) is 0 Å². The quantitative estimate of drug-likeness (QED) is 0.823. The molecule has 0 radical (unpaired) electrons. The van der Waals surface area contributed by atoms with Crippen LogP contribution < -0.4 is 5.32 Å². The summed E-state index contributed by atoms with van der Waals surface area (Å²) in [5.41, 5.74) is 1.93. The zero-order chi connectivity index (χ0) is 14.5. The Morgan fingerprint density at radius 1 is 1.25 bits per heavy atom. The summed E-state index contributed by atoms with van der Waals surface area (Å²) in [5.74, 6) is -0.230. The highest BCUT2D eigenvalue weighted by molar-refractivity contribution is 9.10. The molecule has 0 atom stereocenters. The van der Waals surface area contributed by atoms with E-state index in [1.54, 1.807) is 12.1 Å². The van der Waals surface area contributed by atoms with E-state index in [2.05, 4.69) is 21.2 Å². The first-order valence-corrected chi connectivity index (χ1v) is 7.27. The SMILES string of the molecule is CN(Cc1ccc(F)cc1)C(=S)Nc1cccc(Br)c1. The molecule has 0 aliphatic heterocycles. The molecule has 2 rings (SSSR count). The van der Waals surface area contributed by atoms with Crippen LogP contribution in [0.4, 0.5) is 10.1 Å². The number of benzene rings is 2. The molecule has 2 nitrogen and oxygen atoms in total. The highest BCUT2D eigenvalue weighted by atomic mass is 79.9. The van der Waals surface area contributed by atoms with Crippen LogP contribution in [-0.2, 0) is 6.54 Å². The van der Waals surface area contributed by atoms with Crippen molar-refractivity contribution >= 4 is 38.9 Å². The first-order chi connectivity index (χ1) is 9.54. The molecule has 2 aromatic rings. The molecule has 0 saturated carbocycles. The fraction of sp³-hybridized carbons (Fsp3) is 0.133. The number of hydrogen-bond donors (Lipinski definition) is 1. The number of halogens is 2. The van der Waals surface area contributed by atoms with E-state index in [0.717, 1.165) is 15.7 Å². The van der Waals surface area contributed by atoms with Gasteiger partial charge in [-0.3, -0.25) is 0 Å². The maximum Gasteiger partial charge on any atom is 0.173 e. The molecular weight excluding hydrogens is 339 g/mol. The molecule has 5 heteroatoms. The van der Waals surface area contributed by atoms with E-state index in [-0.39, 0.29) is 5.82 Å². The predicted octanol–water partition coefficient (Wildman–Crippen LogP) is 4.42. The van der Waals surface area contributed by atoms with Gasteiger partial charge in [-0.1, -0.05) is 34.1 Å². The monoisotopic (exact) mass is 352 g/mol. The normalized spacial score (nSPS) is 10.2. The minimum absolute atomic E-state index is 0.230. The van der Waals surface area contributed by atoms with E-state index >= 15 is 0 Å². The van der Waals surface area contributed by atoms with Crippen molar-refractivity contribution in [3.63, 3.8) is 0 Å². The van der Waals surface area contributed by atoms with Gasteiger partial charge in [0.15, 0.2) is 5.11 Å². The van der Waals surface area contributed by atoms with E-state index < -0.39 is 0 Å². The molecule has 0 aliphatic carbocycles. The summed E-state index contributed by atoms with van der Waals surface area (Å²) in [6.07, 6.45) is 0. The molecule has 0 spiro atoms. The fourth-order valence-corrected chi connectivity index (χ4v) is 2.30. The number of nitrogens with zero attached hydrogens (tertiary/aromatic N) is 1. The van der Waals surface area contributed by atoms with Crippen LogP contribution in [-0.4, -0.2) is 17.1 Å². The summed E-state index contributed by atoms with van der Waals surface area (Å²) in [4.78, 5) is 1.91. The Bertz CT molecular complexity index is 601. The van der Waals surface area contributed by atoms with Gasteiger partial charge in [-0.25, -0.2) is 4.39 Å². The van der Waals surface area contributed by atoms with Crippen molar-refractivity contribution in [3.05, 3.63) is 64.4 Å². The minimum Gasteiger partial charge on any atom is -0.348 e. The molecule has 1 N–H and O–H groups in total. The summed E-state index contributed by atoms with van der Waals surface area (Å²) in [6.45, 7) is 0.625. The van der Waals surface area contributed by atoms with Gasteiger partial charge in [0.25, 0.3) is 0 Å². The Morgan fingerprint density at radius 2 is 1.95 bits per heavy atom. The number of thiocarbonyl (C=S) groups is 1. The van der Waals surface area contributed by atoms with Crippen LogP contribution in [0.25, 0.3) is 0 Å². The molecular formula is C15H14BrFN2S. The minimum atomic E-state index is -0.230. The first-order valence-electron chi connectivity index (χ1n) is 6.07. The lowest BCUT2D eigenvalue weighted by Gasteiger charge is -2.21. The Kier molecular flexibility index (Phi) is 5.09. The Balaban J connectivity index is 1.96. The Morgan fingerprint density at radius 3 is 2.60 bits per heavy atom. The summed E-state index contributed by atoms with van der Waals surface area (Å²) in [5, 5.41) is 3.79. The molecule has 0 bridgehead atoms. The van der Waals surface area contributed by atoms with E-state index in [9.17, 15) is 4.39 Å². The zero-order valence-corrected chi connectivity index (χ0v) is 13.3. The van der Waals surface area contributed by atoms with Gasteiger partial charge in [-0.15, -0.1) is 0 Å². The molecule has 20 heavy (non-hydrogen) atoms. The largest absolute Gasteiger partial charge is 0.348 e. The van der Waals surface area contributed by atoms with Gasteiger partial charge >= 0.3 is 0 Å². The number of nitrogens with one attached hydrogen (secondary N) is 1. The fourth-order valence-electron chi connectivity index (χ4n) is 1.72. The van der Waals surface area contributed by atoms with Crippen LogP contribution in [0.1, 0.15) is 5.56 Å². The highest BCUT2D eigenvalue weighted by Crippen LogP contribution is 2.16. The average molecular weight is 353 g/mol. The first kappa shape index (κ1) is 14.9. The molecule has 0 fully saturated rings. The standard InChI is InChI=1S/C15H14BrFN2S/c1-19(10-11-5-7-13(17)8-6-11)15(20)18-14-4-2-3-12(16)9-14/h2-9H,10H2,1H3,(H,18,20). The summed E-state index contributed by atoms with van der Waals surface area (Å²) in [7, 11) is 1.90. The van der Waals surface area contributed by atoms with E-state index in [4.69, 9.17) is 12.2 Å². The van der Waals surface area contributed by atoms with Crippen LogP contribution in [0, 0.1) is 5.82 Å². The van der Waals surface area contributed by atoms with Crippen molar-refractivity contribution < 1.29 is 4.39 Å². The third-order valence-electron chi connectivity index (χ3n) is 2.76. The van der Waals surface area contributed by atoms with Crippen LogP contribution >= 0.6 is 28.1 Å². The second-order valence-corrected chi connectivity index (χ2v) is 5.73. The predicted molar refractivity (Wildman–Crippen MR) is 88.2 cm³/mol. The number of hydrogen-bond acceptors (Lipinski definition) is 1. The van der Waals surface area contributed by atoms with E-state index in [0.29, 0.717) is 11.7 Å². The van der Waals surface area contributed by atoms with Gasteiger partial charge in [0.2, 0.25) is 0 Å². The lowest BCUT2D eigenvalue weighted by molar-refractivity contribution is 0.507. The number of rotatable bonds is 3. The van der Waals surface area contributed by atoms with Gasteiger partial charge in [0, 0.05) is 23.8 Å². The smallest absolute Gasteiger partial charge is 0.173 e. The molecule has 2 aromatic carbocycles. The van der Waals surface area contributed by atoms with Gasteiger partial charge in [0.1, 0.15) is 5.82 Å². The highest BCUT2D eigenvalue weighted by Gasteiger charge is 2.06. The topological polar surface area (TPSA) is 15.3 Å². The van der Waals surface area contributed by atoms with E-state index in [1.165, 1.54) is 12.1 Å². The molecule has 0 heterocycles. The zero-order valence-electron chi connectivity index (χ0n) is 10.9. The second-order valence-electron chi connectivity index (χ2n) is 4.42. The average Bonchev–Trinajstić information content (AvgIpc) is 2.41. The van der Waals surface area contributed by atoms with Crippen molar-refractivity contribution in [1.82, 2.24) is 4.90 Å². The van der Waals surface area contributed by atoms with Crippen molar-refractivity contribution in [2.45, 2.75) is 6.54 Å². The Labute approximate surface area is 131 Å².